The summed E-state index contributed by atoms with van der Waals surface area (Å²) in [6.07, 6.45) is 1.64. The molecule has 188 valence electrons. The Kier molecular flexibility index (Phi) is 9.51. The van der Waals surface area contributed by atoms with E-state index in [-0.39, 0.29) is 23.6 Å². The molecule has 3 aromatic carbocycles. The van der Waals surface area contributed by atoms with E-state index in [1.165, 1.54) is 0 Å². The van der Waals surface area contributed by atoms with Crippen LogP contribution in [0.5, 0.6) is 17.2 Å². The number of carbonyl (C=O) groups is 2. The maximum absolute atomic E-state index is 12.7. The molecule has 0 aliphatic rings. The van der Waals surface area contributed by atoms with Crippen LogP contribution in [0.1, 0.15) is 35.3 Å². The topological polar surface area (TPSA) is 85.9 Å². The Hall–Kier alpha value is -4.26. The smallest absolute Gasteiger partial charge is 0.268 e. The van der Waals surface area contributed by atoms with Gasteiger partial charge in [-0.3, -0.25) is 9.59 Å². The van der Waals surface area contributed by atoms with Crippen molar-refractivity contribution in [1.29, 1.82) is 0 Å². The van der Waals surface area contributed by atoms with Crippen molar-refractivity contribution in [1.82, 2.24) is 10.6 Å². The van der Waals surface area contributed by atoms with Crippen LogP contribution in [-0.4, -0.2) is 38.2 Å². The molecule has 2 N–H and O–H groups in total. The maximum atomic E-state index is 12.7. The number of ether oxygens (including phenoxy) is 3. The average molecular weight is 489 g/mol. The van der Waals surface area contributed by atoms with E-state index in [9.17, 15) is 9.59 Å². The van der Waals surface area contributed by atoms with E-state index >= 15 is 0 Å². The summed E-state index contributed by atoms with van der Waals surface area (Å²) < 4.78 is 16.7. The van der Waals surface area contributed by atoms with Crippen molar-refractivity contribution in [3.8, 4) is 17.2 Å². The summed E-state index contributed by atoms with van der Waals surface area (Å²) in [4.78, 5) is 25.5. The zero-order chi connectivity index (χ0) is 25.9. The fraction of sp³-hybridized carbons (Fsp3) is 0.241. The molecule has 3 aromatic rings. The van der Waals surface area contributed by atoms with Crippen molar-refractivity contribution < 1.29 is 23.8 Å². The molecule has 0 aliphatic heterocycles. The number of nitrogens with one attached hydrogen (secondary N) is 2. The highest BCUT2D eigenvalue weighted by Gasteiger charge is 2.15. The summed E-state index contributed by atoms with van der Waals surface area (Å²) in [6, 6.07) is 21.8. The van der Waals surface area contributed by atoms with Gasteiger partial charge in [0.2, 0.25) is 0 Å². The number of para-hydroxylation sites is 2. The van der Waals surface area contributed by atoms with Gasteiger partial charge in [-0.1, -0.05) is 42.0 Å². The van der Waals surface area contributed by atoms with E-state index in [0.717, 1.165) is 11.1 Å². The van der Waals surface area contributed by atoms with Gasteiger partial charge in [0.15, 0.2) is 11.5 Å². The molecule has 0 spiro atoms. The molecule has 0 unspecified atom stereocenters. The van der Waals surface area contributed by atoms with Crippen LogP contribution in [0, 0.1) is 6.92 Å². The SMILES string of the molecule is COc1ccccc1OCCOc1ccc(C=C(NC(=O)c2ccc(C)cc2)C(=O)NC(C)C)cc1. The lowest BCUT2D eigenvalue weighted by molar-refractivity contribution is -0.118. The summed E-state index contributed by atoms with van der Waals surface area (Å²) in [5.41, 5.74) is 2.43. The van der Waals surface area contributed by atoms with Crippen molar-refractivity contribution in [2.24, 2.45) is 0 Å². The zero-order valence-electron chi connectivity index (χ0n) is 21.0. The van der Waals surface area contributed by atoms with Gasteiger partial charge < -0.3 is 24.8 Å². The molecule has 7 heteroatoms. The molecule has 0 saturated carbocycles. The fourth-order valence-corrected chi connectivity index (χ4v) is 3.27. The number of carbonyl (C=O) groups excluding carboxylic acids is 2. The Labute approximate surface area is 212 Å². The van der Waals surface area contributed by atoms with Crippen LogP contribution < -0.4 is 24.8 Å². The van der Waals surface area contributed by atoms with Gasteiger partial charge in [-0.05, 0) is 68.8 Å². The largest absolute Gasteiger partial charge is 0.493 e. The summed E-state index contributed by atoms with van der Waals surface area (Å²) in [7, 11) is 1.60. The minimum absolute atomic E-state index is 0.0778. The number of amides is 2. The summed E-state index contributed by atoms with van der Waals surface area (Å²) in [5.74, 6) is 1.27. The second kappa shape index (κ2) is 13.0. The van der Waals surface area contributed by atoms with Gasteiger partial charge in [-0.2, -0.15) is 0 Å². The first-order valence-corrected chi connectivity index (χ1v) is 11.7. The van der Waals surface area contributed by atoms with Crippen LogP contribution >= 0.6 is 0 Å². The third-order valence-corrected chi connectivity index (χ3v) is 5.10. The van der Waals surface area contributed by atoms with Crippen LogP contribution in [-0.2, 0) is 4.79 Å². The minimum atomic E-state index is -0.362. The molecule has 2 amide bonds. The lowest BCUT2D eigenvalue weighted by Gasteiger charge is -2.13. The van der Waals surface area contributed by atoms with Gasteiger partial charge in [0.25, 0.3) is 11.8 Å². The third-order valence-electron chi connectivity index (χ3n) is 5.10. The second-order valence-electron chi connectivity index (χ2n) is 8.42. The van der Waals surface area contributed by atoms with Gasteiger partial charge >= 0.3 is 0 Å². The van der Waals surface area contributed by atoms with Gasteiger partial charge in [-0.15, -0.1) is 0 Å². The lowest BCUT2D eigenvalue weighted by Crippen LogP contribution is -2.38. The molecule has 0 atom stereocenters. The molecular weight excluding hydrogens is 456 g/mol. The van der Waals surface area contributed by atoms with Crippen LogP contribution in [0.15, 0.2) is 78.5 Å². The Morgan fingerprint density at radius 2 is 1.50 bits per heavy atom. The Morgan fingerprint density at radius 1 is 0.861 bits per heavy atom. The molecule has 0 aliphatic carbocycles. The van der Waals surface area contributed by atoms with Gasteiger partial charge in [-0.25, -0.2) is 0 Å². The Morgan fingerprint density at radius 3 is 2.14 bits per heavy atom. The quantitative estimate of drug-likeness (QED) is 0.300. The van der Waals surface area contributed by atoms with Crippen LogP contribution in [0.2, 0.25) is 0 Å². The van der Waals surface area contributed by atoms with Crippen LogP contribution in [0.3, 0.4) is 0 Å². The highest BCUT2D eigenvalue weighted by atomic mass is 16.5. The van der Waals surface area contributed by atoms with E-state index in [0.29, 0.717) is 36.0 Å². The fourth-order valence-electron chi connectivity index (χ4n) is 3.27. The van der Waals surface area contributed by atoms with Crippen molar-refractivity contribution >= 4 is 17.9 Å². The number of benzene rings is 3. The van der Waals surface area contributed by atoms with Crippen molar-refractivity contribution in [2.75, 3.05) is 20.3 Å². The average Bonchev–Trinajstić information content (AvgIpc) is 2.87. The van der Waals surface area contributed by atoms with Crippen LogP contribution in [0.4, 0.5) is 0 Å². The van der Waals surface area contributed by atoms with Crippen molar-refractivity contribution in [3.63, 3.8) is 0 Å². The molecule has 0 saturated heterocycles. The summed E-state index contributed by atoms with van der Waals surface area (Å²) in [5, 5.41) is 5.57. The molecule has 0 aromatic heterocycles. The number of aryl methyl sites for hydroxylation is 1. The van der Waals surface area contributed by atoms with Crippen molar-refractivity contribution in [3.05, 3.63) is 95.2 Å². The maximum Gasteiger partial charge on any atom is 0.268 e. The number of methoxy groups -OCH3 is 1. The second-order valence-corrected chi connectivity index (χ2v) is 8.42. The van der Waals surface area contributed by atoms with E-state index in [4.69, 9.17) is 14.2 Å². The van der Waals surface area contributed by atoms with Gasteiger partial charge in [0, 0.05) is 11.6 Å². The molecule has 36 heavy (non-hydrogen) atoms. The third kappa shape index (κ3) is 7.91. The molecular formula is C29H32N2O5. The number of rotatable bonds is 11. The Balaban J connectivity index is 1.63. The molecule has 7 nitrogen and oxygen atoms in total. The zero-order valence-corrected chi connectivity index (χ0v) is 21.0. The first-order chi connectivity index (χ1) is 17.4. The standard InChI is InChI=1S/C29H32N2O5/c1-20(2)30-29(33)25(31-28(32)23-13-9-21(3)10-14-23)19-22-11-15-24(16-12-22)35-17-18-36-27-8-6-5-7-26(27)34-4/h5-16,19-20H,17-18H2,1-4H3,(H,30,33)(H,31,32). The molecule has 3 rings (SSSR count). The number of hydrogen-bond donors (Lipinski definition) is 2. The summed E-state index contributed by atoms with van der Waals surface area (Å²) >= 11 is 0. The molecule has 0 heterocycles. The molecule has 0 bridgehead atoms. The van der Waals surface area contributed by atoms with Gasteiger partial charge in [0.05, 0.1) is 7.11 Å². The van der Waals surface area contributed by atoms with Gasteiger partial charge in [0.1, 0.15) is 24.7 Å². The number of hydrogen-bond acceptors (Lipinski definition) is 5. The van der Waals surface area contributed by atoms with E-state index in [1.807, 2.05) is 69.3 Å². The highest BCUT2D eigenvalue weighted by Crippen LogP contribution is 2.25. The monoisotopic (exact) mass is 488 g/mol. The first-order valence-electron chi connectivity index (χ1n) is 11.7. The highest BCUT2D eigenvalue weighted by molar-refractivity contribution is 6.05. The van der Waals surface area contributed by atoms with Crippen molar-refractivity contribution in [2.45, 2.75) is 26.8 Å². The van der Waals surface area contributed by atoms with Crippen LogP contribution in [0.25, 0.3) is 6.08 Å². The minimum Gasteiger partial charge on any atom is -0.493 e. The van der Waals surface area contributed by atoms with E-state index in [1.54, 1.807) is 37.5 Å². The molecule has 0 radical (unpaired) electrons. The Bertz CT molecular complexity index is 1190. The van der Waals surface area contributed by atoms with E-state index in [2.05, 4.69) is 10.6 Å². The summed E-state index contributed by atoms with van der Waals surface area (Å²) in [6.45, 7) is 6.38. The molecule has 0 fully saturated rings. The lowest BCUT2D eigenvalue weighted by atomic mass is 10.1. The normalized spacial score (nSPS) is 11.1. The first kappa shape index (κ1) is 26.3. The van der Waals surface area contributed by atoms with E-state index < -0.39 is 0 Å². The predicted molar refractivity (Wildman–Crippen MR) is 140 cm³/mol. The predicted octanol–water partition coefficient (Wildman–Crippen LogP) is 4.76.